The SMILES string of the molecule is CCC1C=CC(=O)OC1/C=C/C(O)(CCN)C(CC(O)/C=C/C=C/C1CCCC(OC(=O)CCC(C)C)C1)OP(=O)(O)O. The molecule has 0 spiro atoms. The van der Waals surface area contributed by atoms with Crippen molar-refractivity contribution in [1.82, 2.24) is 0 Å². The van der Waals surface area contributed by atoms with Crippen LogP contribution in [0, 0.1) is 17.8 Å². The second-order valence-electron chi connectivity index (χ2n) is 11.9. The Labute approximate surface area is 255 Å². The number of carbonyl (C=O) groups is 2. The van der Waals surface area contributed by atoms with Gasteiger partial charge in [-0.2, -0.15) is 0 Å². The number of phosphoric acid groups is 1. The fraction of sp³-hybridized carbons (Fsp3) is 0.677. The standard InChI is InChI=1S/C31H50NO10P/c1-4-24-13-15-30(35)41-27(24)16-17-31(36,18-19-32)28(42-43(37,38)39)21-25(33)10-6-5-8-23-9-7-11-26(20-23)40-29(34)14-12-22(2)3/h5-6,8,10,13,15-17,22-28,33,36H,4,7,9,11-12,14,18-21,32H2,1-3H3,(H2,37,38,39)/b8-5+,10-6+,17-16+. The van der Waals surface area contributed by atoms with Crippen molar-refractivity contribution in [3.8, 4) is 0 Å². The Morgan fingerprint density at radius 2 is 2.00 bits per heavy atom. The Balaban J connectivity index is 2.06. The molecule has 1 aliphatic carbocycles. The summed E-state index contributed by atoms with van der Waals surface area (Å²) in [6.07, 6.45) is 13.9. The quantitative estimate of drug-likeness (QED) is 0.0679. The van der Waals surface area contributed by atoms with E-state index in [0.717, 1.165) is 32.1 Å². The van der Waals surface area contributed by atoms with E-state index in [2.05, 4.69) is 13.8 Å². The van der Waals surface area contributed by atoms with Crippen molar-refractivity contribution >= 4 is 19.8 Å². The fourth-order valence-electron chi connectivity index (χ4n) is 5.30. The summed E-state index contributed by atoms with van der Waals surface area (Å²) in [5.74, 6) is -0.196. The number of esters is 2. The number of nitrogens with two attached hydrogens (primary N) is 1. The number of aliphatic hydroxyl groups is 2. The van der Waals surface area contributed by atoms with E-state index in [1.54, 1.807) is 18.2 Å². The smallest absolute Gasteiger partial charge is 0.462 e. The van der Waals surface area contributed by atoms with Gasteiger partial charge in [-0.25, -0.2) is 9.36 Å². The first-order valence-electron chi connectivity index (χ1n) is 15.2. The zero-order valence-corrected chi connectivity index (χ0v) is 26.4. The summed E-state index contributed by atoms with van der Waals surface area (Å²) in [6.45, 7) is 6.00. The topological polar surface area (TPSA) is 186 Å². The van der Waals surface area contributed by atoms with Crippen LogP contribution in [0.4, 0.5) is 0 Å². The Morgan fingerprint density at radius 1 is 1.26 bits per heavy atom. The molecular formula is C31H50NO10P. The van der Waals surface area contributed by atoms with Gasteiger partial charge >= 0.3 is 19.8 Å². The van der Waals surface area contributed by atoms with Crippen molar-refractivity contribution in [3.63, 3.8) is 0 Å². The Hall–Kier alpha value is -2.11. The molecule has 6 N–H and O–H groups in total. The van der Waals surface area contributed by atoms with Crippen LogP contribution in [0.2, 0.25) is 0 Å². The molecule has 7 atom stereocenters. The number of cyclic esters (lactones) is 1. The van der Waals surface area contributed by atoms with Gasteiger partial charge in [-0.1, -0.05) is 57.2 Å². The lowest BCUT2D eigenvalue weighted by Crippen LogP contribution is -2.45. The van der Waals surface area contributed by atoms with Gasteiger partial charge in [0.25, 0.3) is 0 Å². The maximum absolute atomic E-state index is 12.1. The summed E-state index contributed by atoms with van der Waals surface area (Å²) in [5.41, 5.74) is 3.73. The minimum absolute atomic E-state index is 0.0481. The number of aliphatic hydroxyl groups excluding tert-OH is 1. The lowest BCUT2D eigenvalue weighted by atomic mass is 9.86. The largest absolute Gasteiger partial charge is 0.469 e. The van der Waals surface area contributed by atoms with Crippen molar-refractivity contribution in [2.24, 2.45) is 23.5 Å². The van der Waals surface area contributed by atoms with E-state index >= 15 is 0 Å². The second-order valence-corrected chi connectivity index (χ2v) is 13.0. The van der Waals surface area contributed by atoms with Gasteiger partial charge in [0.1, 0.15) is 23.9 Å². The molecule has 0 saturated heterocycles. The number of ether oxygens (including phenoxy) is 2. The first kappa shape index (κ1) is 37.1. The van der Waals surface area contributed by atoms with Crippen LogP contribution >= 0.6 is 7.82 Å². The molecule has 0 amide bonds. The van der Waals surface area contributed by atoms with Crippen LogP contribution in [0.5, 0.6) is 0 Å². The highest BCUT2D eigenvalue weighted by Gasteiger charge is 2.40. The monoisotopic (exact) mass is 627 g/mol. The average molecular weight is 628 g/mol. The van der Waals surface area contributed by atoms with E-state index in [4.69, 9.17) is 19.7 Å². The molecule has 12 heteroatoms. The summed E-state index contributed by atoms with van der Waals surface area (Å²) in [6, 6.07) is 0. The predicted molar refractivity (Wildman–Crippen MR) is 162 cm³/mol. The van der Waals surface area contributed by atoms with Crippen molar-refractivity contribution in [1.29, 1.82) is 0 Å². The van der Waals surface area contributed by atoms with Crippen molar-refractivity contribution < 1.29 is 48.2 Å². The Bertz CT molecular complexity index is 1050. The number of phosphoric ester groups is 1. The molecule has 0 bridgehead atoms. The van der Waals surface area contributed by atoms with Crippen molar-refractivity contribution in [3.05, 3.63) is 48.6 Å². The zero-order valence-electron chi connectivity index (χ0n) is 25.5. The minimum atomic E-state index is -5.07. The molecule has 11 nitrogen and oxygen atoms in total. The third-order valence-electron chi connectivity index (χ3n) is 7.74. The molecule has 2 aliphatic rings. The van der Waals surface area contributed by atoms with Gasteiger partial charge in [0.15, 0.2) is 0 Å². The summed E-state index contributed by atoms with van der Waals surface area (Å²) in [5, 5.41) is 22.1. The highest BCUT2D eigenvalue weighted by molar-refractivity contribution is 7.46. The van der Waals surface area contributed by atoms with Crippen LogP contribution in [0.1, 0.15) is 78.6 Å². The molecule has 2 rings (SSSR count). The van der Waals surface area contributed by atoms with Crippen LogP contribution < -0.4 is 5.73 Å². The number of carbonyl (C=O) groups excluding carboxylic acids is 2. The van der Waals surface area contributed by atoms with E-state index in [0.29, 0.717) is 18.8 Å². The number of rotatable bonds is 17. The third kappa shape index (κ3) is 14.0. The zero-order chi connectivity index (χ0) is 32.0. The summed E-state index contributed by atoms with van der Waals surface area (Å²) >= 11 is 0. The van der Waals surface area contributed by atoms with Gasteiger partial charge in [-0.05, 0) is 69.4 Å². The molecule has 1 aliphatic heterocycles. The molecule has 0 aromatic carbocycles. The van der Waals surface area contributed by atoms with Crippen LogP contribution in [0.15, 0.2) is 48.6 Å². The average Bonchev–Trinajstić information content (AvgIpc) is 2.92. The molecule has 0 aromatic rings. The van der Waals surface area contributed by atoms with Crippen LogP contribution in [-0.4, -0.2) is 68.5 Å². The van der Waals surface area contributed by atoms with E-state index < -0.39 is 37.7 Å². The highest BCUT2D eigenvalue weighted by atomic mass is 31.2. The normalized spacial score (nSPS) is 26.2. The predicted octanol–water partition coefficient (Wildman–Crippen LogP) is 4.01. The fourth-order valence-corrected chi connectivity index (χ4v) is 5.90. The van der Waals surface area contributed by atoms with Crippen LogP contribution in [0.3, 0.4) is 0 Å². The molecule has 0 radical (unpaired) electrons. The van der Waals surface area contributed by atoms with E-state index in [-0.39, 0.29) is 43.3 Å². The third-order valence-corrected chi connectivity index (χ3v) is 8.27. The van der Waals surface area contributed by atoms with Gasteiger partial charge < -0.3 is 35.2 Å². The van der Waals surface area contributed by atoms with E-state index in [9.17, 15) is 34.2 Å². The summed E-state index contributed by atoms with van der Waals surface area (Å²) < 4.78 is 27.7. The number of allylic oxidation sites excluding steroid dienone is 3. The molecule has 7 unspecified atom stereocenters. The highest BCUT2D eigenvalue weighted by Crippen LogP contribution is 2.42. The number of hydrogen-bond acceptors (Lipinski definition) is 9. The molecule has 1 heterocycles. The maximum Gasteiger partial charge on any atom is 0.469 e. The molecular weight excluding hydrogens is 577 g/mol. The van der Waals surface area contributed by atoms with Gasteiger partial charge in [-0.3, -0.25) is 9.32 Å². The first-order valence-corrected chi connectivity index (χ1v) is 16.7. The maximum atomic E-state index is 12.1. The van der Waals surface area contributed by atoms with Gasteiger partial charge in [-0.15, -0.1) is 0 Å². The van der Waals surface area contributed by atoms with Gasteiger partial charge in [0.05, 0.1) is 6.10 Å². The molecule has 1 fully saturated rings. The van der Waals surface area contributed by atoms with Crippen LogP contribution in [-0.2, 0) is 28.2 Å². The first-order chi connectivity index (χ1) is 20.2. The number of hydrogen-bond donors (Lipinski definition) is 5. The van der Waals surface area contributed by atoms with Crippen molar-refractivity contribution in [2.75, 3.05) is 6.54 Å². The summed E-state index contributed by atoms with van der Waals surface area (Å²) in [4.78, 5) is 43.0. The second kappa shape index (κ2) is 18.0. The molecule has 1 saturated carbocycles. The van der Waals surface area contributed by atoms with E-state index in [1.807, 2.05) is 13.0 Å². The van der Waals surface area contributed by atoms with Crippen molar-refractivity contribution in [2.45, 2.75) is 109 Å². The van der Waals surface area contributed by atoms with Gasteiger partial charge in [0, 0.05) is 24.8 Å². The lowest BCUT2D eigenvalue weighted by molar-refractivity contribution is -0.151. The van der Waals surface area contributed by atoms with E-state index in [1.165, 1.54) is 24.3 Å². The Morgan fingerprint density at radius 3 is 2.65 bits per heavy atom. The molecule has 244 valence electrons. The summed E-state index contributed by atoms with van der Waals surface area (Å²) in [7, 11) is -5.07. The molecule has 43 heavy (non-hydrogen) atoms. The lowest BCUT2D eigenvalue weighted by Gasteiger charge is -2.35. The van der Waals surface area contributed by atoms with Gasteiger partial charge in [0.2, 0.25) is 0 Å². The Kier molecular flexibility index (Phi) is 15.5. The minimum Gasteiger partial charge on any atom is -0.462 e. The van der Waals surface area contributed by atoms with Crippen LogP contribution in [0.25, 0.3) is 0 Å². The molecule has 0 aromatic heterocycles.